The van der Waals surface area contributed by atoms with Crippen LogP contribution >= 0.6 is 23.5 Å². The molecular formula is C24H42N4O3S2. The minimum Gasteiger partial charge on any atom is -0.376 e. The number of aliphatic imine (C=N–C) groups is 1. The number of thioether (sulfide) groups is 2. The molecule has 0 unspecified atom stereocenters. The third kappa shape index (κ3) is 25.8. The van der Waals surface area contributed by atoms with Crippen LogP contribution in [0, 0.1) is 0 Å². The van der Waals surface area contributed by atoms with Gasteiger partial charge in [-0.2, -0.15) is 4.99 Å². The number of isocyanates is 1. The van der Waals surface area contributed by atoms with Crippen molar-refractivity contribution in [2.24, 2.45) is 10.7 Å². The summed E-state index contributed by atoms with van der Waals surface area (Å²) >= 11 is 3.21. The predicted molar refractivity (Wildman–Crippen MR) is 147 cm³/mol. The highest BCUT2D eigenvalue weighted by atomic mass is 32.2. The summed E-state index contributed by atoms with van der Waals surface area (Å²) in [5, 5.41) is 13.2. The second-order valence-corrected chi connectivity index (χ2v) is 7.38. The Morgan fingerprint density at radius 1 is 0.939 bits per heavy atom. The lowest BCUT2D eigenvalue weighted by molar-refractivity contribution is 0.219. The van der Waals surface area contributed by atoms with Crippen LogP contribution in [0.5, 0.6) is 0 Å². The molecule has 0 aliphatic heterocycles. The highest BCUT2D eigenvalue weighted by Gasteiger charge is 1.97. The molecule has 0 spiro atoms. The largest absolute Gasteiger partial charge is 0.376 e. The molecule has 0 aliphatic rings. The lowest BCUT2D eigenvalue weighted by Crippen LogP contribution is -2.35. The molecule has 0 atom stereocenters. The Labute approximate surface area is 209 Å². The van der Waals surface area contributed by atoms with Gasteiger partial charge < -0.3 is 21.5 Å². The van der Waals surface area contributed by atoms with E-state index in [2.05, 4.69) is 27.8 Å². The van der Waals surface area contributed by atoms with Crippen LogP contribution in [0.2, 0.25) is 0 Å². The van der Waals surface area contributed by atoms with Gasteiger partial charge >= 0.3 is 6.03 Å². The fourth-order valence-electron chi connectivity index (χ4n) is 1.80. The zero-order chi connectivity index (χ0) is 22.3. The number of carbonyl (C=O) groups is 1. The number of rotatable bonds is 9. The van der Waals surface area contributed by atoms with E-state index in [1.54, 1.807) is 23.5 Å². The highest BCUT2D eigenvalue weighted by Crippen LogP contribution is 2.11. The number of hydrogen-bond acceptors (Lipinski definition) is 7. The highest BCUT2D eigenvalue weighted by molar-refractivity contribution is 7.98. The normalized spacial score (nSPS) is 8.21. The van der Waals surface area contributed by atoms with Crippen LogP contribution in [0.15, 0.2) is 65.7 Å². The Kier molecular flexibility index (Phi) is 34.2. The Hall–Kier alpha value is -2.29. The molecular weight excluding hydrogens is 456 g/mol. The number of aliphatic hydroxyl groups excluding tert-OH is 1. The minimum absolute atomic E-state index is 0. The molecule has 188 valence electrons. The van der Waals surface area contributed by atoms with Crippen LogP contribution in [-0.4, -0.2) is 42.2 Å². The SMILES string of the molecule is C.C.C.CCN.O=C(NCO)NCSCc1ccccc1.O=C=NCSCc1ccccc1. The third-order valence-corrected chi connectivity index (χ3v) is 4.75. The van der Waals surface area contributed by atoms with Gasteiger partial charge in [0.2, 0.25) is 6.08 Å². The molecule has 0 saturated carbocycles. The first-order valence-electron chi connectivity index (χ1n) is 9.27. The average Bonchev–Trinajstić information content (AvgIpc) is 2.77. The summed E-state index contributed by atoms with van der Waals surface area (Å²) in [5.74, 6) is 2.78. The molecule has 7 nitrogen and oxygen atoms in total. The summed E-state index contributed by atoms with van der Waals surface area (Å²) in [6.45, 7) is 2.31. The predicted octanol–water partition coefficient (Wildman–Crippen LogP) is 5.21. The molecule has 0 fully saturated rings. The standard InChI is InChI=1S/C10H14N2O2S.C9H9NOS.C2H7N.3CH4/c13-7-11-10(14)12-8-15-6-9-4-2-1-3-5-9;11-7-10-8-12-6-9-4-2-1-3-5-9;1-2-3;;;/h1-5,13H,6-8H2,(H2,11,12,14);1-5H,6,8H2;2-3H2,1H3;3*1H4. The Morgan fingerprint density at radius 2 is 1.39 bits per heavy atom. The fourth-order valence-corrected chi connectivity index (χ4v) is 3.23. The topological polar surface area (TPSA) is 117 Å². The molecule has 0 heterocycles. The van der Waals surface area contributed by atoms with Crippen molar-refractivity contribution in [2.45, 2.75) is 40.7 Å². The van der Waals surface area contributed by atoms with Crippen molar-refractivity contribution in [2.75, 3.05) is 25.0 Å². The van der Waals surface area contributed by atoms with Gasteiger partial charge in [0.1, 0.15) is 6.73 Å². The number of nitrogens with zero attached hydrogens (tertiary/aromatic N) is 1. The van der Waals surface area contributed by atoms with E-state index in [-0.39, 0.29) is 35.0 Å². The van der Waals surface area contributed by atoms with E-state index < -0.39 is 0 Å². The van der Waals surface area contributed by atoms with E-state index in [1.165, 1.54) is 17.2 Å². The Bertz CT molecular complexity index is 701. The second-order valence-electron chi connectivity index (χ2n) is 5.44. The molecule has 0 saturated heterocycles. The summed E-state index contributed by atoms with van der Waals surface area (Å²) < 4.78 is 0. The number of aliphatic hydroxyl groups is 1. The maximum Gasteiger partial charge on any atom is 0.317 e. The summed E-state index contributed by atoms with van der Waals surface area (Å²) in [5.41, 5.74) is 7.33. The Balaban J connectivity index is -0.000000213. The van der Waals surface area contributed by atoms with Crippen molar-refractivity contribution < 1.29 is 14.7 Å². The molecule has 2 amide bonds. The molecule has 2 aromatic rings. The molecule has 0 radical (unpaired) electrons. The first-order chi connectivity index (χ1) is 14.7. The number of nitrogens with two attached hydrogens (primary N) is 1. The molecule has 2 aromatic carbocycles. The fraction of sp³-hybridized carbons (Fsp3) is 0.417. The van der Waals surface area contributed by atoms with E-state index in [0.29, 0.717) is 11.8 Å². The van der Waals surface area contributed by atoms with Gasteiger partial charge in [-0.15, -0.1) is 23.5 Å². The maximum absolute atomic E-state index is 10.9. The molecule has 5 N–H and O–H groups in total. The summed E-state index contributed by atoms with van der Waals surface area (Å²) in [6.07, 6.45) is 1.51. The summed E-state index contributed by atoms with van der Waals surface area (Å²) in [4.78, 5) is 24.0. The zero-order valence-electron chi connectivity index (χ0n) is 17.1. The first-order valence-corrected chi connectivity index (χ1v) is 11.6. The lowest BCUT2D eigenvalue weighted by atomic mass is 10.2. The van der Waals surface area contributed by atoms with Crippen LogP contribution in [-0.2, 0) is 16.3 Å². The van der Waals surface area contributed by atoms with Crippen LogP contribution in [0.1, 0.15) is 40.3 Å². The van der Waals surface area contributed by atoms with E-state index in [9.17, 15) is 9.59 Å². The molecule has 33 heavy (non-hydrogen) atoms. The van der Waals surface area contributed by atoms with Gasteiger partial charge in [-0.25, -0.2) is 9.59 Å². The van der Waals surface area contributed by atoms with E-state index in [4.69, 9.17) is 10.8 Å². The quantitative estimate of drug-likeness (QED) is 0.163. The number of urea groups is 1. The maximum atomic E-state index is 10.9. The molecule has 9 heteroatoms. The number of amides is 2. The van der Waals surface area contributed by atoms with Crippen molar-refractivity contribution in [3.8, 4) is 0 Å². The van der Waals surface area contributed by atoms with E-state index in [0.717, 1.165) is 18.1 Å². The molecule has 0 aliphatic carbocycles. The van der Waals surface area contributed by atoms with Crippen molar-refractivity contribution in [1.82, 2.24) is 10.6 Å². The van der Waals surface area contributed by atoms with Crippen LogP contribution in [0.4, 0.5) is 4.79 Å². The van der Waals surface area contributed by atoms with E-state index >= 15 is 0 Å². The smallest absolute Gasteiger partial charge is 0.317 e. The minimum atomic E-state index is -0.349. The molecule has 0 bridgehead atoms. The molecule has 0 aromatic heterocycles. The van der Waals surface area contributed by atoms with Gasteiger partial charge in [-0.3, -0.25) is 0 Å². The summed E-state index contributed by atoms with van der Waals surface area (Å²) in [6, 6.07) is 19.8. The van der Waals surface area contributed by atoms with Gasteiger partial charge in [0.15, 0.2) is 0 Å². The van der Waals surface area contributed by atoms with Crippen LogP contribution < -0.4 is 16.4 Å². The first kappa shape index (κ1) is 38.0. The van der Waals surface area contributed by atoms with E-state index in [1.807, 2.05) is 55.5 Å². The third-order valence-electron chi connectivity index (χ3n) is 3.02. The van der Waals surface area contributed by atoms with Crippen molar-refractivity contribution in [1.29, 1.82) is 0 Å². The monoisotopic (exact) mass is 498 g/mol. The van der Waals surface area contributed by atoms with Crippen molar-refractivity contribution >= 4 is 35.6 Å². The van der Waals surface area contributed by atoms with Gasteiger partial charge in [0.05, 0.1) is 11.8 Å². The number of carbonyl (C=O) groups excluding carboxylic acids is 2. The average molecular weight is 499 g/mol. The number of benzene rings is 2. The zero-order valence-corrected chi connectivity index (χ0v) is 18.8. The van der Waals surface area contributed by atoms with Crippen LogP contribution in [0.3, 0.4) is 0 Å². The van der Waals surface area contributed by atoms with Gasteiger partial charge in [0.25, 0.3) is 0 Å². The van der Waals surface area contributed by atoms with Gasteiger partial charge in [-0.05, 0) is 17.7 Å². The number of hydrogen-bond donors (Lipinski definition) is 4. The summed E-state index contributed by atoms with van der Waals surface area (Å²) in [7, 11) is 0. The second kappa shape index (κ2) is 29.7. The lowest BCUT2D eigenvalue weighted by Gasteiger charge is -2.05. The van der Waals surface area contributed by atoms with Crippen LogP contribution in [0.25, 0.3) is 0 Å². The van der Waals surface area contributed by atoms with Gasteiger partial charge in [-0.1, -0.05) is 89.9 Å². The van der Waals surface area contributed by atoms with Crippen molar-refractivity contribution in [3.05, 3.63) is 71.8 Å². The Morgan fingerprint density at radius 3 is 1.82 bits per heavy atom. The van der Waals surface area contributed by atoms with Gasteiger partial charge in [0, 0.05) is 11.5 Å². The molecule has 2 rings (SSSR count). The van der Waals surface area contributed by atoms with Crippen molar-refractivity contribution in [3.63, 3.8) is 0 Å². The number of nitrogens with one attached hydrogen (secondary N) is 2.